The number of rotatable bonds is 4. The van der Waals surface area contributed by atoms with Crippen molar-refractivity contribution in [2.24, 2.45) is 22.7 Å². The highest BCUT2D eigenvalue weighted by molar-refractivity contribution is 5.85. The van der Waals surface area contributed by atoms with Crippen LogP contribution in [0.3, 0.4) is 0 Å². The molecule has 1 heterocycles. The highest BCUT2D eigenvalue weighted by atomic mass is 16.5. The third-order valence-electron chi connectivity index (χ3n) is 6.96. The molecule has 1 fully saturated rings. The molecular weight excluding hydrogens is 304 g/mol. The van der Waals surface area contributed by atoms with Crippen LogP contribution in [0.2, 0.25) is 0 Å². The average molecular weight is 332 g/mol. The molecule has 1 saturated carbocycles. The Hall–Kier alpha value is -1.58. The zero-order valence-electron chi connectivity index (χ0n) is 14.9. The number of ether oxygens (including phenoxy) is 1. The van der Waals surface area contributed by atoms with Crippen molar-refractivity contribution >= 4 is 11.9 Å². The Labute approximate surface area is 144 Å². The van der Waals surface area contributed by atoms with Gasteiger partial charge in [-0.15, -0.1) is 0 Å². The van der Waals surface area contributed by atoms with Crippen LogP contribution in [0.5, 0.6) is 0 Å². The third-order valence-corrected chi connectivity index (χ3v) is 6.96. The molecule has 4 heteroatoms. The summed E-state index contributed by atoms with van der Waals surface area (Å²) >= 11 is 0. The van der Waals surface area contributed by atoms with Crippen LogP contribution in [0, 0.1) is 22.7 Å². The lowest BCUT2D eigenvalue weighted by Gasteiger charge is -2.56. The van der Waals surface area contributed by atoms with E-state index in [2.05, 4.69) is 19.9 Å². The highest BCUT2D eigenvalue weighted by Crippen LogP contribution is 2.60. The van der Waals surface area contributed by atoms with Gasteiger partial charge >= 0.3 is 11.9 Å². The number of carbonyl (C=O) groups is 2. The minimum absolute atomic E-state index is 0.0221. The smallest absolute Gasteiger partial charge is 0.331 e. The van der Waals surface area contributed by atoms with Gasteiger partial charge in [0.2, 0.25) is 0 Å². The van der Waals surface area contributed by atoms with Crippen molar-refractivity contribution in [1.82, 2.24) is 0 Å². The Bertz CT molecular complexity index is 617. The lowest BCUT2D eigenvalue weighted by molar-refractivity contribution is -0.162. The van der Waals surface area contributed by atoms with E-state index in [4.69, 9.17) is 4.74 Å². The first-order valence-corrected chi connectivity index (χ1v) is 9.03. The van der Waals surface area contributed by atoms with Crippen LogP contribution < -0.4 is 0 Å². The summed E-state index contributed by atoms with van der Waals surface area (Å²) in [5, 5.41) is 9.85. The van der Waals surface area contributed by atoms with Crippen molar-refractivity contribution < 1.29 is 19.4 Å². The van der Waals surface area contributed by atoms with Crippen LogP contribution in [0.1, 0.15) is 59.3 Å². The highest BCUT2D eigenvalue weighted by Gasteiger charge is 2.56. The molecule has 0 aromatic heterocycles. The van der Waals surface area contributed by atoms with Gasteiger partial charge in [-0.3, -0.25) is 4.79 Å². The van der Waals surface area contributed by atoms with Crippen LogP contribution in [0.25, 0.3) is 0 Å². The summed E-state index contributed by atoms with van der Waals surface area (Å²) in [6.45, 7) is 6.84. The molecule has 0 spiro atoms. The van der Waals surface area contributed by atoms with Crippen LogP contribution in [0.4, 0.5) is 0 Å². The molecule has 4 atom stereocenters. The van der Waals surface area contributed by atoms with Crippen LogP contribution >= 0.6 is 0 Å². The number of hydrogen-bond donors (Lipinski definition) is 1. The molecule has 24 heavy (non-hydrogen) atoms. The van der Waals surface area contributed by atoms with Gasteiger partial charge in [0.15, 0.2) is 0 Å². The summed E-state index contributed by atoms with van der Waals surface area (Å²) in [6, 6.07) is 0. The standard InChI is InChI=1S/C20H28O4/c1-13-5-8-16-19(2,9-4-10-20(16,3)18(22)23)15(13)7-6-14-11-17(21)24-12-14/h5,11,15-16H,4,6-10,12H2,1-3H3,(H,22,23)/t15-,16-,19+,20-/m0/s1. The molecule has 1 N–H and O–H groups in total. The minimum Gasteiger partial charge on any atom is -0.481 e. The van der Waals surface area contributed by atoms with Gasteiger partial charge in [0.05, 0.1) is 5.41 Å². The van der Waals surface area contributed by atoms with E-state index < -0.39 is 11.4 Å². The van der Waals surface area contributed by atoms with E-state index in [1.165, 1.54) is 5.57 Å². The van der Waals surface area contributed by atoms with Crippen LogP contribution in [-0.2, 0) is 14.3 Å². The molecule has 0 bridgehead atoms. The maximum atomic E-state index is 12.0. The van der Waals surface area contributed by atoms with E-state index in [0.29, 0.717) is 12.5 Å². The number of esters is 1. The van der Waals surface area contributed by atoms with E-state index >= 15 is 0 Å². The number of carboxylic acids is 1. The fraction of sp³-hybridized carbons (Fsp3) is 0.700. The Morgan fingerprint density at radius 1 is 1.38 bits per heavy atom. The maximum Gasteiger partial charge on any atom is 0.331 e. The van der Waals surface area contributed by atoms with E-state index in [0.717, 1.165) is 44.1 Å². The van der Waals surface area contributed by atoms with Gasteiger partial charge in [-0.25, -0.2) is 4.79 Å². The van der Waals surface area contributed by atoms with Gasteiger partial charge in [-0.05, 0) is 68.8 Å². The van der Waals surface area contributed by atoms with Crippen molar-refractivity contribution in [2.75, 3.05) is 6.61 Å². The first-order valence-electron chi connectivity index (χ1n) is 9.03. The van der Waals surface area contributed by atoms with Gasteiger partial charge in [-0.1, -0.05) is 25.0 Å². The van der Waals surface area contributed by atoms with E-state index in [1.807, 2.05) is 6.92 Å². The van der Waals surface area contributed by atoms with Crippen molar-refractivity contribution in [3.05, 3.63) is 23.3 Å². The maximum absolute atomic E-state index is 12.0. The van der Waals surface area contributed by atoms with Gasteiger partial charge in [0.25, 0.3) is 0 Å². The number of hydrogen-bond acceptors (Lipinski definition) is 3. The second-order valence-corrected chi connectivity index (χ2v) is 8.32. The topological polar surface area (TPSA) is 63.6 Å². The predicted molar refractivity (Wildman–Crippen MR) is 91.3 cm³/mol. The Balaban J connectivity index is 1.84. The second kappa shape index (κ2) is 6.05. The van der Waals surface area contributed by atoms with Crippen LogP contribution in [0.15, 0.2) is 23.3 Å². The quantitative estimate of drug-likeness (QED) is 0.621. The predicted octanol–water partition coefficient (Wildman–Crippen LogP) is 4.11. The van der Waals surface area contributed by atoms with Gasteiger partial charge in [-0.2, -0.15) is 0 Å². The first kappa shape index (κ1) is 17.2. The molecule has 0 radical (unpaired) electrons. The van der Waals surface area contributed by atoms with Gasteiger partial charge in [0.1, 0.15) is 6.61 Å². The fourth-order valence-electron chi connectivity index (χ4n) is 5.53. The number of fused-ring (bicyclic) bond motifs is 1. The number of allylic oxidation sites excluding steroid dienone is 2. The number of aliphatic carboxylic acids is 1. The normalized spacial score (nSPS) is 38.9. The molecule has 0 saturated heterocycles. The molecular formula is C20H28O4. The van der Waals surface area contributed by atoms with E-state index in [-0.39, 0.29) is 17.3 Å². The largest absolute Gasteiger partial charge is 0.481 e. The summed E-state index contributed by atoms with van der Waals surface area (Å²) in [4.78, 5) is 23.2. The lowest BCUT2D eigenvalue weighted by Crippen LogP contribution is -2.52. The van der Waals surface area contributed by atoms with Gasteiger partial charge in [0, 0.05) is 6.08 Å². The molecule has 0 amide bonds. The zero-order valence-corrected chi connectivity index (χ0v) is 14.9. The summed E-state index contributed by atoms with van der Waals surface area (Å²) in [5.41, 5.74) is 1.84. The third kappa shape index (κ3) is 2.70. The first-order chi connectivity index (χ1) is 11.3. The Morgan fingerprint density at radius 3 is 2.75 bits per heavy atom. The zero-order chi connectivity index (χ0) is 17.5. The molecule has 0 aromatic rings. The van der Waals surface area contributed by atoms with E-state index in [9.17, 15) is 14.7 Å². The average Bonchev–Trinajstić information content (AvgIpc) is 2.91. The van der Waals surface area contributed by atoms with E-state index in [1.54, 1.807) is 6.08 Å². The molecule has 132 valence electrons. The molecule has 2 aliphatic carbocycles. The van der Waals surface area contributed by atoms with Crippen LogP contribution in [-0.4, -0.2) is 23.7 Å². The summed E-state index contributed by atoms with van der Waals surface area (Å²) in [7, 11) is 0. The Morgan fingerprint density at radius 2 is 2.12 bits per heavy atom. The molecule has 1 aliphatic heterocycles. The minimum atomic E-state index is -0.650. The van der Waals surface area contributed by atoms with Crippen molar-refractivity contribution in [3.63, 3.8) is 0 Å². The monoisotopic (exact) mass is 332 g/mol. The van der Waals surface area contributed by atoms with Crippen molar-refractivity contribution in [2.45, 2.75) is 59.3 Å². The Kier molecular flexibility index (Phi) is 4.35. The number of cyclic esters (lactones) is 1. The van der Waals surface area contributed by atoms with Gasteiger partial charge < -0.3 is 9.84 Å². The molecule has 0 aromatic carbocycles. The molecule has 4 nitrogen and oxygen atoms in total. The second-order valence-electron chi connectivity index (χ2n) is 8.32. The SMILES string of the molecule is CC1=CC[C@H]2[C@](C)(CCC[C@]2(C)C(=O)O)[C@H]1CCC1=CC(=O)OC1. The number of carboxylic acid groups (broad SMARTS) is 1. The van der Waals surface area contributed by atoms with Crippen molar-refractivity contribution in [1.29, 1.82) is 0 Å². The van der Waals surface area contributed by atoms with Crippen molar-refractivity contribution in [3.8, 4) is 0 Å². The fourth-order valence-corrected chi connectivity index (χ4v) is 5.53. The molecule has 3 rings (SSSR count). The summed E-state index contributed by atoms with van der Waals surface area (Å²) < 4.78 is 5.00. The molecule has 3 aliphatic rings. The lowest BCUT2D eigenvalue weighted by atomic mass is 9.47. The number of carbonyl (C=O) groups excluding carboxylic acids is 1. The summed E-state index contributed by atoms with van der Waals surface area (Å²) in [6.07, 6.45) is 9.40. The summed E-state index contributed by atoms with van der Waals surface area (Å²) in [5.74, 6) is -0.323. The molecule has 0 unspecified atom stereocenters.